The standard InChI is InChI=1S/C11H15ClN2OS/c1-16-11-13-9(12)7-10(14-11)15-6-5-8-3-2-4-8/h7-8H,2-6H2,1H3. The largest absolute Gasteiger partial charge is 0.478 e. The molecule has 0 spiro atoms. The number of ether oxygens (including phenoxy) is 1. The fourth-order valence-electron chi connectivity index (χ4n) is 1.65. The van der Waals surface area contributed by atoms with Crippen LogP contribution in [0.2, 0.25) is 5.15 Å². The van der Waals surface area contributed by atoms with Crippen molar-refractivity contribution in [2.45, 2.75) is 30.8 Å². The molecule has 0 radical (unpaired) electrons. The van der Waals surface area contributed by atoms with Gasteiger partial charge in [-0.05, 0) is 18.6 Å². The van der Waals surface area contributed by atoms with Crippen LogP contribution in [0.5, 0.6) is 5.88 Å². The first kappa shape index (κ1) is 12.0. The van der Waals surface area contributed by atoms with E-state index in [0.29, 0.717) is 16.2 Å². The molecule has 1 heterocycles. The first-order valence-corrected chi connectivity index (χ1v) is 7.09. The van der Waals surface area contributed by atoms with Gasteiger partial charge in [-0.25, -0.2) is 4.98 Å². The van der Waals surface area contributed by atoms with E-state index in [9.17, 15) is 0 Å². The molecule has 0 aliphatic heterocycles. The Bertz CT molecular complexity index is 358. The van der Waals surface area contributed by atoms with Crippen LogP contribution in [0, 0.1) is 5.92 Å². The number of thioether (sulfide) groups is 1. The Kier molecular flexibility index (Phi) is 4.29. The van der Waals surface area contributed by atoms with Gasteiger partial charge in [0.1, 0.15) is 5.15 Å². The minimum atomic E-state index is 0.443. The van der Waals surface area contributed by atoms with Crippen LogP contribution in [0.3, 0.4) is 0 Å². The van der Waals surface area contributed by atoms with E-state index in [2.05, 4.69) is 9.97 Å². The summed E-state index contributed by atoms with van der Waals surface area (Å²) in [6.07, 6.45) is 7.12. The van der Waals surface area contributed by atoms with Crippen molar-refractivity contribution in [2.24, 2.45) is 5.92 Å². The summed E-state index contributed by atoms with van der Waals surface area (Å²) < 4.78 is 5.59. The van der Waals surface area contributed by atoms with Gasteiger partial charge in [-0.1, -0.05) is 42.6 Å². The highest BCUT2D eigenvalue weighted by Crippen LogP contribution is 2.29. The van der Waals surface area contributed by atoms with Crippen LogP contribution in [0.15, 0.2) is 11.2 Å². The maximum atomic E-state index is 5.86. The molecule has 1 aliphatic carbocycles. The normalized spacial score (nSPS) is 15.9. The zero-order valence-electron chi connectivity index (χ0n) is 9.28. The van der Waals surface area contributed by atoms with Crippen LogP contribution >= 0.6 is 23.4 Å². The van der Waals surface area contributed by atoms with E-state index in [4.69, 9.17) is 16.3 Å². The predicted octanol–water partition coefficient (Wildman–Crippen LogP) is 3.42. The van der Waals surface area contributed by atoms with Gasteiger partial charge in [0, 0.05) is 6.07 Å². The second-order valence-corrected chi connectivity index (χ2v) is 5.11. The Morgan fingerprint density at radius 2 is 2.31 bits per heavy atom. The zero-order chi connectivity index (χ0) is 11.4. The molecule has 16 heavy (non-hydrogen) atoms. The second-order valence-electron chi connectivity index (χ2n) is 3.95. The van der Waals surface area contributed by atoms with Crippen molar-refractivity contribution in [3.8, 4) is 5.88 Å². The monoisotopic (exact) mass is 258 g/mol. The average molecular weight is 259 g/mol. The van der Waals surface area contributed by atoms with Crippen LogP contribution in [0.4, 0.5) is 0 Å². The molecule has 5 heteroatoms. The molecular formula is C11H15ClN2OS. The molecule has 1 aromatic rings. The molecule has 1 saturated carbocycles. The number of rotatable bonds is 5. The van der Waals surface area contributed by atoms with Gasteiger partial charge in [-0.2, -0.15) is 4.98 Å². The molecule has 0 atom stereocenters. The first-order chi connectivity index (χ1) is 7.78. The smallest absolute Gasteiger partial charge is 0.218 e. The molecule has 2 rings (SSSR count). The number of halogens is 1. The molecule has 0 saturated heterocycles. The maximum absolute atomic E-state index is 5.86. The lowest BCUT2D eigenvalue weighted by Crippen LogP contribution is -2.14. The molecule has 1 fully saturated rings. The van der Waals surface area contributed by atoms with Gasteiger partial charge < -0.3 is 4.74 Å². The van der Waals surface area contributed by atoms with Crippen LogP contribution in [0.25, 0.3) is 0 Å². The Balaban J connectivity index is 1.84. The molecule has 1 aliphatic rings. The second kappa shape index (κ2) is 5.73. The van der Waals surface area contributed by atoms with E-state index in [0.717, 1.165) is 18.9 Å². The number of hydrogen-bond donors (Lipinski definition) is 0. The Hall–Kier alpha value is -0.480. The van der Waals surface area contributed by atoms with Gasteiger partial charge in [0.15, 0.2) is 5.16 Å². The molecule has 0 amide bonds. The fraction of sp³-hybridized carbons (Fsp3) is 0.636. The van der Waals surface area contributed by atoms with Gasteiger partial charge in [0.05, 0.1) is 6.61 Å². The van der Waals surface area contributed by atoms with Gasteiger partial charge in [0.25, 0.3) is 0 Å². The van der Waals surface area contributed by atoms with Crippen molar-refractivity contribution >= 4 is 23.4 Å². The number of hydrogen-bond acceptors (Lipinski definition) is 4. The molecule has 0 aromatic carbocycles. The van der Waals surface area contributed by atoms with E-state index in [1.807, 2.05) is 6.26 Å². The lowest BCUT2D eigenvalue weighted by atomic mass is 9.83. The summed E-state index contributed by atoms with van der Waals surface area (Å²) >= 11 is 7.33. The van der Waals surface area contributed by atoms with Gasteiger partial charge in [-0.15, -0.1) is 0 Å². The quantitative estimate of drug-likeness (QED) is 0.461. The third-order valence-corrected chi connectivity index (χ3v) is 3.58. The average Bonchev–Trinajstić information content (AvgIpc) is 2.21. The minimum absolute atomic E-state index is 0.443. The number of aromatic nitrogens is 2. The molecule has 0 unspecified atom stereocenters. The third kappa shape index (κ3) is 3.25. The van der Waals surface area contributed by atoms with Gasteiger partial charge in [0.2, 0.25) is 5.88 Å². The third-order valence-electron chi connectivity index (χ3n) is 2.83. The molecular weight excluding hydrogens is 244 g/mol. The molecule has 88 valence electrons. The van der Waals surface area contributed by atoms with Crippen LogP contribution in [-0.2, 0) is 0 Å². The van der Waals surface area contributed by atoms with Gasteiger partial charge in [-0.3, -0.25) is 0 Å². The van der Waals surface area contributed by atoms with Crippen LogP contribution < -0.4 is 4.74 Å². The summed E-state index contributed by atoms with van der Waals surface area (Å²) in [5.74, 6) is 1.45. The summed E-state index contributed by atoms with van der Waals surface area (Å²) in [6, 6.07) is 1.67. The SMILES string of the molecule is CSc1nc(Cl)cc(OCCC2CCC2)n1. The van der Waals surface area contributed by atoms with Crippen molar-refractivity contribution < 1.29 is 4.74 Å². The molecule has 0 N–H and O–H groups in total. The topological polar surface area (TPSA) is 35.0 Å². The highest BCUT2D eigenvalue weighted by molar-refractivity contribution is 7.98. The van der Waals surface area contributed by atoms with Crippen LogP contribution in [-0.4, -0.2) is 22.8 Å². The van der Waals surface area contributed by atoms with E-state index >= 15 is 0 Å². The predicted molar refractivity (Wildman–Crippen MR) is 66.3 cm³/mol. The Labute approximate surface area is 105 Å². The summed E-state index contributed by atoms with van der Waals surface area (Å²) in [5, 5.41) is 1.10. The maximum Gasteiger partial charge on any atom is 0.218 e. The van der Waals surface area contributed by atoms with Crippen molar-refractivity contribution in [3.05, 3.63) is 11.2 Å². The molecule has 3 nitrogen and oxygen atoms in total. The van der Waals surface area contributed by atoms with Crippen LogP contribution in [0.1, 0.15) is 25.7 Å². The van der Waals surface area contributed by atoms with Crippen molar-refractivity contribution in [2.75, 3.05) is 12.9 Å². The lowest BCUT2D eigenvalue weighted by molar-refractivity contribution is 0.216. The zero-order valence-corrected chi connectivity index (χ0v) is 10.9. The molecule has 0 bridgehead atoms. The van der Waals surface area contributed by atoms with Crippen molar-refractivity contribution in [1.82, 2.24) is 9.97 Å². The minimum Gasteiger partial charge on any atom is -0.478 e. The molecule has 1 aromatic heterocycles. The van der Waals surface area contributed by atoms with E-state index < -0.39 is 0 Å². The fourth-order valence-corrected chi connectivity index (χ4v) is 2.25. The first-order valence-electron chi connectivity index (χ1n) is 5.49. The lowest BCUT2D eigenvalue weighted by Gasteiger charge is -2.24. The van der Waals surface area contributed by atoms with Crippen molar-refractivity contribution in [3.63, 3.8) is 0 Å². The highest BCUT2D eigenvalue weighted by atomic mass is 35.5. The Morgan fingerprint density at radius 1 is 1.50 bits per heavy atom. The van der Waals surface area contributed by atoms with E-state index in [1.165, 1.54) is 31.0 Å². The van der Waals surface area contributed by atoms with E-state index in [-0.39, 0.29) is 0 Å². The van der Waals surface area contributed by atoms with Gasteiger partial charge >= 0.3 is 0 Å². The summed E-state index contributed by atoms with van der Waals surface area (Å²) in [6.45, 7) is 0.728. The summed E-state index contributed by atoms with van der Waals surface area (Å²) in [7, 11) is 0. The summed E-state index contributed by atoms with van der Waals surface area (Å²) in [5.41, 5.74) is 0. The van der Waals surface area contributed by atoms with Crippen molar-refractivity contribution in [1.29, 1.82) is 0 Å². The summed E-state index contributed by atoms with van der Waals surface area (Å²) in [4.78, 5) is 8.30. The van der Waals surface area contributed by atoms with E-state index in [1.54, 1.807) is 6.07 Å². The number of nitrogens with zero attached hydrogens (tertiary/aromatic N) is 2. The highest BCUT2D eigenvalue weighted by Gasteiger charge is 2.17. The Morgan fingerprint density at radius 3 is 2.94 bits per heavy atom.